The van der Waals surface area contributed by atoms with Crippen LogP contribution in [0, 0.1) is 5.41 Å². The lowest BCUT2D eigenvalue weighted by Crippen LogP contribution is -2.60. The molecule has 5 N–H and O–H groups in total. The lowest BCUT2D eigenvalue weighted by atomic mass is 9.85. The third kappa shape index (κ3) is 7.35. The maximum atomic E-state index is 13.2. The zero-order valence-corrected chi connectivity index (χ0v) is 18.0. The standard InChI is InChI=1S/C19H33N5O5/c1-18(2,3)13(22-17(29)23-19(4,5)6)16(28)24-9-7-8-11(24)15(27)21-10-12(25)14(20)26/h11,13H,7-10H2,1-6H3,(H2,20,26)(H,21,27)(H2,22,23,29)/t11?,13-/m1/s1. The third-order valence-electron chi connectivity index (χ3n) is 4.41. The van der Waals surface area contributed by atoms with Crippen LogP contribution < -0.4 is 21.7 Å². The Kier molecular flexibility index (Phi) is 7.76. The lowest BCUT2D eigenvalue weighted by Gasteiger charge is -2.36. The monoisotopic (exact) mass is 411 g/mol. The first kappa shape index (κ1) is 24.4. The van der Waals surface area contributed by atoms with E-state index < -0.39 is 53.2 Å². The second-order valence-corrected chi connectivity index (χ2v) is 9.34. The fourth-order valence-corrected chi connectivity index (χ4v) is 3.00. The summed E-state index contributed by atoms with van der Waals surface area (Å²) in [7, 11) is 0. The Morgan fingerprint density at radius 1 is 1.07 bits per heavy atom. The van der Waals surface area contributed by atoms with E-state index in [4.69, 9.17) is 5.73 Å². The number of hydrogen-bond acceptors (Lipinski definition) is 5. The number of likely N-dealkylation sites (tertiary alicyclic amines) is 1. The predicted molar refractivity (Wildman–Crippen MR) is 107 cm³/mol. The number of nitrogens with two attached hydrogens (primary N) is 1. The molecule has 0 aliphatic carbocycles. The Morgan fingerprint density at radius 3 is 2.14 bits per heavy atom. The smallest absolute Gasteiger partial charge is 0.315 e. The molecule has 1 fully saturated rings. The second kappa shape index (κ2) is 9.23. The highest BCUT2D eigenvalue weighted by molar-refractivity contribution is 6.36. The van der Waals surface area contributed by atoms with E-state index in [1.54, 1.807) is 0 Å². The molecule has 1 unspecified atom stereocenters. The van der Waals surface area contributed by atoms with Crippen molar-refractivity contribution in [3.05, 3.63) is 0 Å². The molecule has 1 heterocycles. The van der Waals surface area contributed by atoms with Crippen molar-refractivity contribution < 1.29 is 24.0 Å². The summed E-state index contributed by atoms with van der Waals surface area (Å²) in [6.07, 6.45) is 1.03. The van der Waals surface area contributed by atoms with E-state index in [0.29, 0.717) is 19.4 Å². The van der Waals surface area contributed by atoms with Crippen LogP contribution in [0.4, 0.5) is 4.79 Å². The van der Waals surface area contributed by atoms with E-state index >= 15 is 0 Å². The summed E-state index contributed by atoms with van der Waals surface area (Å²) in [5.41, 5.74) is 3.81. The van der Waals surface area contributed by atoms with Crippen molar-refractivity contribution >= 4 is 29.5 Å². The van der Waals surface area contributed by atoms with Gasteiger partial charge in [0.2, 0.25) is 17.6 Å². The van der Waals surface area contributed by atoms with Gasteiger partial charge < -0.3 is 26.6 Å². The van der Waals surface area contributed by atoms with Crippen LogP contribution in [0.15, 0.2) is 0 Å². The molecule has 29 heavy (non-hydrogen) atoms. The molecule has 5 amide bonds. The molecule has 10 heteroatoms. The number of urea groups is 1. The minimum absolute atomic E-state index is 0.357. The number of primary amides is 1. The first-order chi connectivity index (χ1) is 13.1. The molecule has 2 atom stereocenters. The van der Waals surface area contributed by atoms with E-state index in [1.807, 2.05) is 41.5 Å². The van der Waals surface area contributed by atoms with Crippen molar-refractivity contribution in [2.45, 2.75) is 72.0 Å². The van der Waals surface area contributed by atoms with Gasteiger partial charge in [-0.15, -0.1) is 0 Å². The van der Waals surface area contributed by atoms with Gasteiger partial charge in [0.05, 0.1) is 6.54 Å². The minimum Gasteiger partial charge on any atom is -0.363 e. The van der Waals surface area contributed by atoms with Crippen LogP contribution >= 0.6 is 0 Å². The van der Waals surface area contributed by atoms with Gasteiger partial charge >= 0.3 is 6.03 Å². The summed E-state index contributed by atoms with van der Waals surface area (Å²) in [5.74, 6) is -2.95. The van der Waals surface area contributed by atoms with Crippen molar-refractivity contribution in [1.29, 1.82) is 0 Å². The first-order valence-corrected chi connectivity index (χ1v) is 9.63. The first-order valence-electron chi connectivity index (χ1n) is 9.63. The molecule has 0 aromatic carbocycles. The van der Waals surface area contributed by atoms with Crippen molar-refractivity contribution in [3.63, 3.8) is 0 Å². The van der Waals surface area contributed by atoms with Gasteiger partial charge in [-0.3, -0.25) is 19.2 Å². The quantitative estimate of drug-likeness (QED) is 0.441. The molecule has 0 bridgehead atoms. The Balaban J connectivity index is 2.91. The van der Waals surface area contributed by atoms with Gasteiger partial charge in [-0.05, 0) is 39.0 Å². The Bertz CT molecular complexity index is 677. The zero-order valence-electron chi connectivity index (χ0n) is 18.0. The lowest BCUT2D eigenvalue weighted by molar-refractivity contribution is -0.142. The molecule has 0 radical (unpaired) electrons. The number of carbonyl (C=O) groups excluding carboxylic acids is 5. The van der Waals surface area contributed by atoms with Crippen molar-refractivity contribution in [2.75, 3.05) is 13.1 Å². The number of hydrogen-bond donors (Lipinski definition) is 4. The summed E-state index contributed by atoms with van der Waals surface area (Å²) in [6, 6.07) is -2.11. The Morgan fingerprint density at radius 2 is 1.66 bits per heavy atom. The van der Waals surface area contributed by atoms with Crippen LogP contribution in [-0.2, 0) is 19.2 Å². The van der Waals surface area contributed by atoms with Crippen LogP contribution in [0.25, 0.3) is 0 Å². The molecule has 0 aromatic heterocycles. The number of rotatable bonds is 6. The van der Waals surface area contributed by atoms with Gasteiger partial charge in [-0.1, -0.05) is 20.8 Å². The molecule has 1 saturated heterocycles. The van der Waals surface area contributed by atoms with Crippen LogP contribution in [0.2, 0.25) is 0 Å². The van der Waals surface area contributed by atoms with Crippen molar-refractivity contribution in [3.8, 4) is 0 Å². The van der Waals surface area contributed by atoms with Crippen LogP contribution in [0.5, 0.6) is 0 Å². The normalized spacial score (nSPS) is 18.0. The molecule has 1 aliphatic rings. The number of nitrogens with zero attached hydrogens (tertiary/aromatic N) is 1. The zero-order chi connectivity index (χ0) is 22.6. The van der Waals surface area contributed by atoms with Gasteiger partial charge in [-0.25, -0.2) is 4.79 Å². The molecule has 10 nitrogen and oxygen atoms in total. The van der Waals surface area contributed by atoms with E-state index in [-0.39, 0.29) is 5.91 Å². The van der Waals surface area contributed by atoms with Crippen LogP contribution in [0.3, 0.4) is 0 Å². The number of ketones is 1. The fraction of sp³-hybridized carbons (Fsp3) is 0.737. The molecular weight excluding hydrogens is 378 g/mol. The SMILES string of the molecule is CC(C)(C)NC(=O)N[C@H](C(=O)N1CCCC1C(=O)NCC(=O)C(N)=O)C(C)(C)C. The molecule has 0 saturated carbocycles. The van der Waals surface area contributed by atoms with Crippen LogP contribution in [0.1, 0.15) is 54.4 Å². The molecular formula is C19H33N5O5. The Hall–Kier alpha value is -2.65. The highest BCUT2D eigenvalue weighted by Gasteiger charge is 2.42. The molecule has 1 rings (SSSR count). The van der Waals surface area contributed by atoms with E-state index in [2.05, 4.69) is 16.0 Å². The Labute approximate surface area is 171 Å². The van der Waals surface area contributed by atoms with E-state index in [0.717, 1.165) is 0 Å². The highest BCUT2D eigenvalue weighted by Crippen LogP contribution is 2.26. The van der Waals surface area contributed by atoms with Gasteiger partial charge in [0.25, 0.3) is 5.91 Å². The number of Topliss-reactive ketones (excluding diaryl/α,β-unsaturated/α-hetero) is 1. The van der Waals surface area contributed by atoms with Gasteiger partial charge in [0.1, 0.15) is 12.1 Å². The summed E-state index contributed by atoms with van der Waals surface area (Å²) >= 11 is 0. The third-order valence-corrected chi connectivity index (χ3v) is 4.41. The van der Waals surface area contributed by atoms with Crippen molar-refractivity contribution in [1.82, 2.24) is 20.9 Å². The fourth-order valence-electron chi connectivity index (χ4n) is 3.00. The van der Waals surface area contributed by atoms with Crippen molar-refractivity contribution in [2.24, 2.45) is 11.1 Å². The van der Waals surface area contributed by atoms with Gasteiger partial charge in [-0.2, -0.15) is 0 Å². The largest absolute Gasteiger partial charge is 0.363 e. The summed E-state index contributed by atoms with van der Waals surface area (Å²) in [6.45, 7) is 10.8. The summed E-state index contributed by atoms with van der Waals surface area (Å²) in [4.78, 5) is 61.6. The summed E-state index contributed by atoms with van der Waals surface area (Å²) < 4.78 is 0. The van der Waals surface area contributed by atoms with E-state index in [9.17, 15) is 24.0 Å². The summed E-state index contributed by atoms with van der Waals surface area (Å²) in [5, 5.41) is 7.85. The highest BCUT2D eigenvalue weighted by atomic mass is 16.2. The maximum absolute atomic E-state index is 13.2. The molecule has 0 aromatic rings. The number of carbonyl (C=O) groups is 5. The predicted octanol–water partition coefficient (Wildman–Crippen LogP) is -0.340. The molecule has 164 valence electrons. The van der Waals surface area contributed by atoms with Gasteiger partial charge in [0, 0.05) is 12.1 Å². The van der Waals surface area contributed by atoms with Crippen LogP contribution in [-0.4, -0.2) is 65.1 Å². The number of amides is 5. The maximum Gasteiger partial charge on any atom is 0.315 e. The topological polar surface area (TPSA) is 151 Å². The van der Waals surface area contributed by atoms with Gasteiger partial charge in [0.15, 0.2) is 0 Å². The minimum atomic E-state index is -1.13. The molecule has 0 spiro atoms. The second-order valence-electron chi connectivity index (χ2n) is 9.34. The van der Waals surface area contributed by atoms with E-state index in [1.165, 1.54) is 4.90 Å². The molecule has 1 aliphatic heterocycles. The average molecular weight is 412 g/mol. The number of nitrogens with one attached hydrogen (secondary N) is 3. The average Bonchev–Trinajstić information content (AvgIpc) is 3.03.